The smallest absolute Gasteiger partial charge is 0.416 e. The second-order valence-electron chi connectivity index (χ2n) is 7.92. The Labute approximate surface area is 202 Å². The first-order valence-corrected chi connectivity index (χ1v) is 13.0. The lowest BCUT2D eigenvalue weighted by molar-refractivity contribution is -0.254. The van der Waals surface area contributed by atoms with Gasteiger partial charge in [0.15, 0.2) is 9.84 Å². The number of rotatable bonds is 7. The fourth-order valence-electron chi connectivity index (χ4n) is 3.70. The third kappa shape index (κ3) is 5.33. The van der Waals surface area contributed by atoms with Gasteiger partial charge in [-0.15, -0.1) is 11.3 Å². The number of aromatic carboxylic acids is 1. The van der Waals surface area contributed by atoms with Crippen LogP contribution in [-0.4, -0.2) is 30.2 Å². The highest BCUT2D eigenvalue weighted by molar-refractivity contribution is 7.89. The number of carboxylic acids is 1. The van der Waals surface area contributed by atoms with E-state index >= 15 is 0 Å². The van der Waals surface area contributed by atoms with E-state index in [1.165, 1.54) is 37.5 Å². The standard InChI is InChI=1S/C23H19F3N2O5S2/c1-13(15-5-3-4-6-16(15)23(24,25)26)33-19-10-20(34-21(19)22(29)30)28-12-27-17-8-7-14(9-18(17)28)11-35(2,31)32/h3-10,12-13H,11H2,1-2H3,(H,29,30)/p-1/t13-/m1/s1. The van der Waals surface area contributed by atoms with Crippen molar-refractivity contribution in [3.63, 3.8) is 0 Å². The van der Waals surface area contributed by atoms with Crippen LogP contribution in [0.3, 0.4) is 0 Å². The fraction of sp³-hybridized carbons (Fsp3) is 0.217. The number of alkyl halides is 3. The second kappa shape index (κ2) is 9.00. The molecule has 1 atom stereocenters. The van der Waals surface area contributed by atoms with Crippen molar-refractivity contribution in [2.45, 2.75) is 25.0 Å². The van der Waals surface area contributed by atoms with Gasteiger partial charge in [-0.3, -0.25) is 4.57 Å². The number of sulfone groups is 1. The quantitative estimate of drug-likeness (QED) is 0.361. The van der Waals surface area contributed by atoms with Crippen molar-refractivity contribution < 1.29 is 36.2 Å². The highest BCUT2D eigenvalue weighted by atomic mass is 32.2. The zero-order chi connectivity index (χ0) is 25.5. The molecule has 4 aromatic rings. The predicted octanol–water partition coefficient (Wildman–Crippen LogP) is 4.15. The maximum atomic E-state index is 13.4. The third-order valence-corrected chi connectivity index (χ3v) is 7.11. The van der Waals surface area contributed by atoms with Gasteiger partial charge < -0.3 is 14.6 Å². The molecule has 0 aliphatic rings. The Bertz CT molecular complexity index is 1520. The number of halogens is 3. The molecule has 0 saturated heterocycles. The summed E-state index contributed by atoms with van der Waals surface area (Å²) in [5.41, 5.74) is 0.569. The molecule has 2 aromatic carbocycles. The van der Waals surface area contributed by atoms with E-state index in [0.717, 1.165) is 23.7 Å². The van der Waals surface area contributed by atoms with Crippen molar-refractivity contribution in [2.24, 2.45) is 0 Å². The number of benzene rings is 2. The Morgan fingerprint density at radius 2 is 1.91 bits per heavy atom. The molecule has 184 valence electrons. The first-order chi connectivity index (χ1) is 16.3. The molecule has 35 heavy (non-hydrogen) atoms. The van der Waals surface area contributed by atoms with E-state index in [9.17, 15) is 31.5 Å². The van der Waals surface area contributed by atoms with Gasteiger partial charge in [-0.25, -0.2) is 13.4 Å². The average molecular weight is 524 g/mol. The van der Waals surface area contributed by atoms with Gasteiger partial charge >= 0.3 is 6.18 Å². The van der Waals surface area contributed by atoms with E-state index in [1.807, 2.05) is 0 Å². The summed E-state index contributed by atoms with van der Waals surface area (Å²) in [6.45, 7) is 1.39. The number of thiophene rings is 1. The zero-order valence-corrected chi connectivity index (χ0v) is 20.0. The van der Waals surface area contributed by atoms with Crippen molar-refractivity contribution in [1.82, 2.24) is 9.55 Å². The van der Waals surface area contributed by atoms with E-state index in [1.54, 1.807) is 22.8 Å². The Kier molecular flexibility index (Phi) is 6.36. The molecular formula is C23H18F3N2O5S2-. The van der Waals surface area contributed by atoms with Crippen LogP contribution >= 0.6 is 11.3 Å². The SMILES string of the molecule is C[C@@H](Oc1cc(-n2cnc3ccc(CS(C)(=O)=O)cc32)sc1C(=O)[O-])c1ccccc1C(F)(F)F. The van der Waals surface area contributed by atoms with Crippen molar-refractivity contribution >= 4 is 38.2 Å². The van der Waals surface area contributed by atoms with Gasteiger partial charge in [0.1, 0.15) is 23.2 Å². The van der Waals surface area contributed by atoms with Crippen molar-refractivity contribution in [3.8, 4) is 10.8 Å². The summed E-state index contributed by atoms with van der Waals surface area (Å²) in [5, 5.41) is 12.1. The Balaban J connectivity index is 1.73. The number of imidazole rings is 1. The second-order valence-corrected chi connectivity index (χ2v) is 11.1. The van der Waals surface area contributed by atoms with Crippen molar-refractivity contribution in [2.75, 3.05) is 6.26 Å². The van der Waals surface area contributed by atoms with Gasteiger partial charge in [0.25, 0.3) is 0 Å². The summed E-state index contributed by atoms with van der Waals surface area (Å²) < 4.78 is 70.9. The van der Waals surface area contributed by atoms with E-state index in [0.29, 0.717) is 21.6 Å². The Morgan fingerprint density at radius 3 is 2.57 bits per heavy atom. The summed E-state index contributed by atoms with van der Waals surface area (Å²) in [4.78, 5) is 15.7. The van der Waals surface area contributed by atoms with Crippen molar-refractivity contribution in [3.05, 3.63) is 76.4 Å². The summed E-state index contributed by atoms with van der Waals surface area (Å²) in [5.74, 6) is -1.88. The first-order valence-electron chi connectivity index (χ1n) is 10.2. The summed E-state index contributed by atoms with van der Waals surface area (Å²) in [6.07, 6.45) is -3.17. The van der Waals surface area contributed by atoms with Crippen LogP contribution in [0.2, 0.25) is 0 Å². The predicted molar refractivity (Wildman–Crippen MR) is 122 cm³/mol. The summed E-state index contributed by atoms with van der Waals surface area (Å²) in [6, 6.07) is 11.2. The molecule has 0 N–H and O–H groups in total. The lowest BCUT2D eigenvalue weighted by Crippen LogP contribution is -2.22. The highest BCUT2D eigenvalue weighted by Crippen LogP contribution is 2.39. The minimum atomic E-state index is -4.61. The molecule has 0 unspecified atom stereocenters. The highest BCUT2D eigenvalue weighted by Gasteiger charge is 2.35. The van der Waals surface area contributed by atoms with Crippen molar-refractivity contribution in [1.29, 1.82) is 0 Å². The van der Waals surface area contributed by atoms with E-state index in [4.69, 9.17) is 4.74 Å². The topological polar surface area (TPSA) is 101 Å². The number of hydrogen-bond donors (Lipinski definition) is 0. The third-order valence-electron chi connectivity index (χ3n) is 5.16. The summed E-state index contributed by atoms with van der Waals surface area (Å²) >= 11 is 0.802. The molecule has 0 spiro atoms. The molecule has 0 fully saturated rings. The van der Waals surface area contributed by atoms with Gasteiger partial charge in [0.2, 0.25) is 0 Å². The molecule has 0 amide bonds. The lowest BCUT2D eigenvalue weighted by atomic mass is 10.0. The number of carboxylic acid groups (broad SMARTS) is 1. The van der Waals surface area contributed by atoms with Crippen LogP contribution < -0.4 is 9.84 Å². The number of fused-ring (bicyclic) bond motifs is 1. The molecule has 4 rings (SSSR count). The molecule has 0 radical (unpaired) electrons. The van der Waals surface area contributed by atoms with Crippen LogP contribution in [0.1, 0.15) is 39.4 Å². The monoisotopic (exact) mass is 523 g/mol. The molecule has 0 aliphatic carbocycles. The maximum absolute atomic E-state index is 13.4. The summed E-state index contributed by atoms with van der Waals surface area (Å²) in [7, 11) is -3.29. The molecule has 0 saturated carbocycles. The van der Waals surface area contributed by atoms with Gasteiger partial charge in [0.05, 0.1) is 33.2 Å². The van der Waals surface area contributed by atoms with E-state index in [-0.39, 0.29) is 21.9 Å². The van der Waals surface area contributed by atoms with Crippen LogP contribution in [0.4, 0.5) is 13.2 Å². The van der Waals surface area contributed by atoms with Crippen LogP contribution in [0, 0.1) is 0 Å². The van der Waals surface area contributed by atoms with Crippen LogP contribution in [0.15, 0.2) is 54.9 Å². The fourth-order valence-corrected chi connectivity index (χ4v) is 5.39. The van der Waals surface area contributed by atoms with E-state index < -0.39 is 33.7 Å². The Hall–Kier alpha value is -3.38. The molecular weight excluding hydrogens is 505 g/mol. The number of carbonyl (C=O) groups is 1. The minimum absolute atomic E-state index is 0.143. The maximum Gasteiger partial charge on any atom is 0.416 e. The van der Waals surface area contributed by atoms with Gasteiger partial charge in [-0.1, -0.05) is 24.3 Å². The first kappa shape index (κ1) is 24.7. The zero-order valence-electron chi connectivity index (χ0n) is 18.4. The molecule has 7 nitrogen and oxygen atoms in total. The van der Waals surface area contributed by atoms with E-state index in [2.05, 4.69) is 4.98 Å². The Morgan fingerprint density at radius 1 is 1.20 bits per heavy atom. The molecule has 0 bridgehead atoms. The molecule has 2 heterocycles. The number of ether oxygens (including phenoxy) is 1. The molecule has 0 aliphatic heterocycles. The van der Waals surface area contributed by atoms with Crippen LogP contribution in [-0.2, 0) is 21.8 Å². The van der Waals surface area contributed by atoms with Gasteiger partial charge in [-0.2, -0.15) is 13.2 Å². The molecule has 12 heteroatoms. The van der Waals surface area contributed by atoms with Crippen LogP contribution in [0.5, 0.6) is 5.75 Å². The van der Waals surface area contributed by atoms with Crippen LogP contribution in [0.25, 0.3) is 16.0 Å². The van der Waals surface area contributed by atoms with Gasteiger partial charge in [-0.05, 0) is 30.7 Å². The normalized spacial score (nSPS) is 13.2. The lowest BCUT2D eigenvalue weighted by Gasteiger charge is -2.20. The van der Waals surface area contributed by atoms with Gasteiger partial charge in [0, 0.05) is 17.9 Å². The average Bonchev–Trinajstić information content (AvgIpc) is 3.35. The molecule has 2 aromatic heterocycles. The largest absolute Gasteiger partial charge is 0.544 e. The number of aromatic nitrogens is 2. The number of nitrogens with zero attached hydrogens (tertiary/aromatic N) is 2. The minimum Gasteiger partial charge on any atom is -0.544 e. The number of hydrogen-bond acceptors (Lipinski definition) is 7. The number of carbonyl (C=O) groups excluding carboxylic acids is 1.